The van der Waals surface area contributed by atoms with E-state index >= 15 is 0 Å². The van der Waals surface area contributed by atoms with E-state index in [1.165, 1.54) is 11.0 Å². The van der Waals surface area contributed by atoms with Crippen molar-refractivity contribution in [3.8, 4) is 0 Å². The molecule has 30 heavy (non-hydrogen) atoms. The fourth-order valence-electron chi connectivity index (χ4n) is 4.59. The number of rotatable bonds is 4. The number of amides is 4. The van der Waals surface area contributed by atoms with Gasteiger partial charge in [0.1, 0.15) is 0 Å². The molecule has 0 atom stereocenters. The van der Waals surface area contributed by atoms with Gasteiger partial charge in [-0.3, -0.25) is 19.3 Å². The molecule has 8 heteroatoms. The van der Waals surface area contributed by atoms with Crippen LogP contribution in [0.5, 0.6) is 0 Å². The first kappa shape index (κ1) is 20.4. The normalized spacial score (nSPS) is 19.9. The Morgan fingerprint density at radius 1 is 1.03 bits per heavy atom. The molecule has 2 aliphatic heterocycles. The molecule has 1 saturated carbocycles. The Kier molecular flexibility index (Phi) is 5.74. The van der Waals surface area contributed by atoms with Gasteiger partial charge in [-0.15, -0.1) is 0 Å². The first-order chi connectivity index (χ1) is 14.5. The van der Waals surface area contributed by atoms with Crippen LogP contribution in [0.4, 0.5) is 4.79 Å². The molecule has 8 nitrogen and oxygen atoms in total. The lowest BCUT2D eigenvalue weighted by molar-refractivity contribution is 0.0485. The second-order valence-corrected chi connectivity index (χ2v) is 8.11. The predicted molar refractivity (Wildman–Crippen MR) is 108 cm³/mol. The van der Waals surface area contributed by atoms with Crippen molar-refractivity contribution in [3.63, 3.8) is 0 Å². The molecular formula is C22H27N3O5. The van der Waals surface area contributed by atoms with Crippen LogP contribution in [0.25, 0.3) is 0 Å². The molecule has 1 aromatic carbocycles. The summed E-state index contributed by atoms with van der Waals surface area (Å²) in [6.45, 7) is 2.94. The summed E-state index contributed by atoms with van der Waals surface area (Å²) in [6, 6.07) is 4.64. The van der Waals surface area contributed by atoms with Gasteiger partial charge in [0.25, 0.3) is 17.7 Å². The van der Waals surface area contributed by atoms with E-state index in [-0.39, 0.29) is 41.5 Å². The molecule has 0 spiro atoms. The van der Waals surface area contributed by atoms with Crippen LogP contribution in [0.1, 0.15) is 76.5 Å². The third-order valence-electron chi connectivity index (χ3n) is 6.23. The molecule has 0 radical (unpaired) electrons. The van der Waals surface area contributed by atoms with Gasteiger partial charge in [0.05, 0.1) is 17.7 Å². The number of likely N-dealkylation sites (tertiary alicyclic amines) is 1. The van der Waals surface area contributed by atoms with Gasteiger partial charge in [0.2, 0.25) is 0 Å². The Balaban J connectivity index is 1.44. The predicted octanol–water partition coefficient (Wildman–Crippen LogP) is 2.58. The maximum atomic E-state index is 13.0. The Morgan fingerprint density at radius 3 is 2.37 bits per heavy atom. The van der Waals surface area contributed by atoms with E-state index in [1.807, 2.05) is 0 Å². The van der Waals surface area contributed by atoms with Crippen molar-refractivity contribution in [1.82, 2.24) is 15.1 Å². The molecule has 1 saturated heterocycles. The summed E-state index contributed by atoms with van der Waals surface area (Å²) in [5.74, 6) is -0.890. The zero-order chi connectivity index (χ0) is 21.3. The monoisotopic (exact) mass is 413 g/mol. The lowest BCUT2D eigenvalue weighted by Crippen LogP contribution is -2.48. The van der Waals surface area contributed by atoms with Gasteiger partial charge in [-0.2, -0.15) is 0 Å². The van der Waals surface area contributed by atoms with E-state index in [0.29, 0.717) is 43.7 Å². The summed E-state index contributed by atoms with van der Waals surface area (Å²) in [6.07, 6.45) is 4.85. The van der Waals surface area contributed by atoms with Crippen LogP contribution >= 0.6 is 0 Å². The van der Waals surface area contributed by atoms with Crippen molar-refractivity contribution in [2.24, 2.45) is 0 Å². The Bertz CT molecular complexity index is 870. The van der Waals surface area contributed by atoms with Crippen LogP contribution in [-0.2, 0) is 4.74 Å². The van der Waals surface area contributed by atoms with Gasteiger partial charge in [-0.25, -0.2) is 4.79 Å². The minimum atomic E-state index is -0.365. The quantitative estimate of drug-likeness (QED) is 0.766. The molecule has 0 bridgehead atoms. The SMILES string of the molecule is CCOC(=O)N1CCC(N2C(=O)c3ccc(C(=O)NC4CCCC4)cc3C2=O)CC1. The van der Waals surface area contributed by atoms with E-state index in [9.17, 15) is 19.2 Å². The van der Waals surface area contributed by atoms with Gasteiger partial charge in [-0.1, -0.05) is 12.8 Å². The highest BCUT2D eigenvalue weighted by Crippen LogP contribution is 2.30. The third-order valence-corrected chi connectivity index (χ3v) is 6.23. The average Bonchev–Trinajstić information content (AvgIpc) is 3.35. The topological polar surface area (TPSA) is 96.0 Å². The minimum absolute atomic E-state index is 0.184. The number of imide groups is 1. The van der Waals surface area contributed by atoms with Crippen LogP contribution in [0, 0.1) is 0 Å². The lowest BCUT2D eigenvalue weighted by atomic mass is 10.0. The Morgan fingerprint density at radius 2 is 1.70 bits per heavy atom. The zero-order valence-corrected chi connectivity index (χ0v) is 17.2. The van der Waals surface area contributed by atoms with Crippen molar-refractivity contribution >= 4 is 23.8 Å². The first-order valence-electron chi connectivity index (χ1n) is 10.7. The molecule has 1 aromatic rings. The van der Waals surface area contributed by atoms with Crippen molar-refractivity contribution in [2.45, 2.75) is 57.5 Å². The number of benzene rings is 1. The Hall–Kier alpha value is -2.90. The number of carbonyl (C=O) groups is 4. The van der Waals surface area contributed by atoms with Crippen LogP contribution in [0.2, 0.25) is 0 Å². The summed E-state index contributed by atoms with van der Waals surface area (Å²) in [5.41, 5.74) is 1.03. The first-order valence-corrected chi connectivity index (χ1v) is 10.7. The highest BCUT2D eigenvalue weighted by Gasteiger charge is 2.41. The molecule has 4 amide bonds. The van der Waals surface area contributed by atoms with Gasteiger partial charge in [-0.05, 0) is 50.8 Å². The zero-order valence-electron chi connectivity index (χ0n) is 17.2. The second-order valence-electron chi connectivity index (χ2n) is 8.11. The maximum absolute atomic E-state index is 13.0. The number of piperidine rings is 1. The van der Waals surface area contributed by atoms with E-state index in [0.717, 1.165) is 25.7 Å². The molecule has 3 aliphatic rings. The summed E-state index contributed by atoms with van der Waals surface area (Å²) >= 11 is 0. The fourth-order valence-corrected chi connectivity index (χ4v) is 4.59. The molecule has 0 aromatic heterocycles. The second kappa shape index (κ2) is 8.45. The molecule has 1 aliphatic carbocycles. The molecule has 1 N–H and O–H groups in total. The number of nitrogens with zero attached hydrogens (tertiary/aromatic N) is 2. The summed E-state index contributed by atoms with van der Waals surface area (Å²) < 4.78 is 5.02. The highest BCUT2D eigenvalue weighted by molar-refractivity contribution is 6.22. The highest BCUT2D eigenvalue weighted by atomic mass is 16.6. The van der Waals surface area contributed by atoms with Crippen LogP contribution in [-0.4, -0.2) is 65.4 Å². The number of hydrogen-bond acceptors (Lipinski definition) is 5. The van der Waals surface area contributed by atoms with Gasteiger partial charge < -0.3 is 15.0 Å². The van der Waals surface area contributed by atoms with Crippen LogP contribution < -0.4 is 5.32 Å². The number of nitrogens with one attached hydrogen (secondary N) is 1. The Labute approximate surface area is 175 Å². The van der Waals surface area contributed by atoms with Gasteiger partial charge >= 0.3 is 6.09 Å². The number of fused-ring (bicyclic) bond motifs is 1. The van der Waals surface area contributed by atoms with Gasteiger partial charge in [0, 0.05) is 30.7 Å². The van der Waals surface area contributed by atoms with E-state index in [4.69, 9.17) is 4.74 Å². The average molecular weight is 413 g/mol. The van der Waals surface area contributed by atoms with E-state index in [1.54, 1.807) is 24.0 Å². The van der Waals surface area contributed by atoms with Crippen molar-refractivity contribution in [3.05, 3.63) is 34.9 Å². The standard InChI is InChI=1S/C22H27N3O5/c1-2-30-22(29)24-11-9-16(10-12-24)25-20(27)17-8-7-14(13-18(17)21(25)28)19(26)23-15-5-3-4-6-15/h7-8,13,15-16H,2-6,9-12H2,1H3,(H,23,26). The van der Waals surface area contributed by atoms with E-state index in [2.05, 4.69) is 5.32 Å². The molecule has 4 rings (SSSR count). The molecule has 0 unspecified atom stereocenters. The fraction of sp³-hybridized carbons (Fsp3) is 0.545. The van der Waals surface area contributed by atoms with Crippen LogP contribution in [0.15, 0.2) is 18.2 Å². The van der Waals surface area contributed by atoms with Crippen molar-refractivity contribution < 1.29 is 23.9 Å². The summed E-state index contributed by atoms with van der Waals surface area (Å²) in [4.78, 5) is 53.2. The lowest BCUT2D eigenvalue weighted by Gasteiger charge is -2.35. The van der Waals surface area contributed by atoms with Crippen molar-refractivity contribution in [2.75, 3.05) is 19.7 Å². The molecule has 2 heterocycles. The summed E-state index contributed by atoms with van der Waals surface area (Å²) in [7, 11) is 0. The van der Waals surface area contributed by atoms with E-state index < -0.39 is 0 Å². The molecular weight excluding hydrogens is 386 g/mol. The van der Waals surface area contributed by atoms with Crippen LogP contribution in [0.3, 0.4) is 0 Å². The third kappa shape index (κ3) is 3.78. The maximum Gasteiger partial charge on any atom is 0.409 e. The largest absolute Gasteiger partial charge is 0.450 e. The molecule has 160 valence electrons. The van der Waals surface area contributed by atoms with Gasteiger partial charge in [0.15, 0.2) is 0 Å². The molecule has 2 fully saturated rings. The number of carbonyl (C=O) groups excluding carboxylic acids is 4. The summed E-state index contributed by atoms with van der Waals surface area (Å²) in [5, 5.41) is 3.01. The minimum Gasteiger partial charge on any atom is -0.450 e. The number of ether oxygens (including phenoxy) is 1. The number of hydrogen-bond donors (Lipinski definition) is 1. The smallest absolute Gasteiger partial charge is 0.409 e. The van der Waals surface area contributed by atoms with Crippen molar-refractivity contribution in [1.29, 1.82) is 0 Å².